The lowest BCUT2D eigenvalue weighted by Gasteiger charge is -2.36. The molecule has 0 amide bonds. The van der Waals surface area contributed by atoms with Gasteiger partial charge in [-0.25, -0.2) is 15.0 Å². The summed E-state index contributed by atoms with van der Waals surface area (Å²) in [6, 6.07) is 58.8. The summed E-state index contributed by atoms with van der Waals surface area (Å²) < 4.78 is 22.5. The smallest absolute Gasteiger partial charge is 0.179 e. The van der Waals surface area contributed by atoms with Crippen molar-refractivity contribution in [1.82, 2.24) is 39.2 Å². The molecule has 6 aromatic carbocycles. The van der Waals surface area contributed by atoms with Crippen LogP contribution in [0.15, 0.2) is 224 Å². The van der Waals surface area contributed by atoms with E-state index in [1.54, 1.807) is 6.20 Å². The second-order valence-corrected chi connectivity index (χ2v) is 28.8. The first-order valence-corrected chi connectivity index (χ1v) is 32.0. The van der Waals surface area contributed by atoms with Gasteiger partial charge >= 0.3 is 0 Å². The maximum atomic E-state index is 5.74. The van der Waals surface area contributed by atoms with E-state index in [-0.39, 0.29) is 0 Å². The molecule has 428 valence electrons. The Morgan fingerprint density at radius 1 is 0.529 bits per heavy atom. The Hall–Kier alpha value is -8.95. The van der Waals surface area contributed by atoms with Gasteiger partial charge in [-0.3, -0.25) is 9.78 Å². The zero-order chi connectivity index (χ0) is 58.4. The lowest BCUT2D eigenvalue weighted by atomic mass is 9.77. The minimum absolute atomic E-state index is 0.454. The molecule has 0 spiro atoms. The fourth-order valence-electron chi connectivity index (χ4n) is 12.8. The van der Waals surface area contributed by atoms with E-state index in [1.807, 2.05) is 67.4 Å². The van der Waals surface area contributed by atoms with Crippen molar-refractivity contribution in [2.24, 2.45) is 7.05 Å². The highest BCUT2D eigenvalue weighted by Gasteiger charge is 2.39. The van der Waals surface area contributed by atoms with Gasteiger partial charge in [0.1, 0.15) is 22.7 Å². The van der Waals surface area contributed by atoms with Crippen LogP contribution in [0.25, 0.3) is 66.6 Å². The molecule has 0 saturated carbocycles. The van der Waals surface area contributed by atoms with Gasteiger partial charge in [0.2, 0.25) is 0 Å². The van der Waals surface area contributed by atoms with Gasteiger partial charge in [-0.15, -0.1) is 4.73 Å². The quantitative estimate of drug-likeness (QED) is 0.0352. The van der Waals surface area contributed by atoms with Crippen molar-refractivity contribution < 1.29 is 18.8 Å². The molecule has 14 heteroatoms. The molecule has 14 rings (SSSR count). The normalized spacial score (nSPS) is 12.7. The van der Waals surface area contributed by atoms with Crippen LogP contribution in [-0.2, 0) is 29.8 Å². The summed E-state index contributed by atoms with van der Waals surface area (Å²) in [7, 11) is 1.60. The topological polar surface area (TPSA) is 119 Å². The standard InChI is InChI=1S/C38H30N4O.C24H18N4O3S.C9H22Si/c1-41-26-35(34-22-29(23-39-37(34)41)27-17-18-36-28(21-27)19-20-43-36)30-24-40-42(25-30)38(31-11-5-2-6-12-31,32-13-7-3-8-14-32)33-15-9-4-10-16-33;1-2-4-20(5-3-1)32-31-30-28-15-22(19-13-26-27-14-19)21-11-18(12-25-24(21)28)16-6-7-23-17(10-16)8-9-29-23;1-7(2)10(8(3)4)9(5)6/h2-18,21-26H,19-20H2,1H3;1-7,10-15H,8-9H2,(H,26,27);7-10H,1-6H3. The summed E-state index contributed by atoms with van der Waals surface area (Å²) >= 11 is 1.14. The highest BCUT2D eigenvalue weighted by molar-refractivity contribution is 7.94. The van der Waals surface area contributed by atoms with Crippen LogP contribution in [0.5, 0.6) is 11.5 Å². The van der Waals surface area contributed by atoms with Gasteiger partial charge in [0.25, 0.3) is 0 Å². The summed E-state index contributed by atoms with van der Waals surface area (Å²) in [6.45, 7) is 15.8. The number of nitrogens with zero attached hydrogens (tertiary/aromatic N) is 7. The van der Waals surface area contributed by atoms with Crippen molar-refractivity contribution in [3.05, 3.63) is 247 Å². The summed E-state index contributed by atoms with van der Waals surface area (Å²) in [5, 5.41) is 14.1. The minimum Gasteiger partial charge on any atom is -0.493 e. The molecule has 0 radical (unpaired) electrons. The third kappa shape index (κ3) is 11.7. The number of ether oxygens (including phenoxy) is 2. The van der Waals surface area contributed by atoms with Crippen LogP contribution >= 0.6 is 12.0 Å². The van der Waals surface area contributed by atoms with Gasteiger partial charge < -0.3 is 14.0 Å². The van der Waals surface area contributed by atoms with Crippen LogP contribution < -0.4 is 14.5 Å². The number of aryl methyl sites for hydroxylation is 1. The van der Waals surface area contributed by atoms with Crippen molar-refractivity contribution in [2.45, 2.75) is 81.4 Å². The summed E-state index contributed by atoms with van der Waals surface area (Å²) in [5.41, 5.74) is 18.2. The lowest BCUT2D eigenvalue weighted by Crippen LogP contribution is -2.38. The molecular formula is C71H70N8O4SSi. The largest absolute Gasteiger partial charge is 0.493 e. The maximum Gasteiger partial charge on any atom is 0.179 e. The van der Waals surface area contributed by atoms with Gasteiger partial charge in [-0.05, 0) is 87.5 Å². The molecule has 0 saturated heterocycles. The first kappa shape index (κ1) is 56.5. The van der Waals surface area contributed by atoms with Crippen LogP contribution in [0.4, 0.5) is 0 Å². The monoisotopic (exact) mass is 1160 g/mol. The van der Waals surface area contributed by atoms with Crippen LogP contribution in [0.2, 0.25) is 16.6 Å². The Kier molecular flexibility index (Phi) is 16.7. The highest BCUT2D eigenvalue weighted by atomic mass is 32.2. The summed E-state index contributed by atoms with van der Waals surface area (Å²) in [4.78, 5) is 16.1. The van der Waals surface area contributed by atoms with E-state index in [0.29, 0.717) is 5.65 Å². The Morgan fingerprint density at radius 3 is 1.54 bits per heavy atom. The van der Waals surface area contributed by atoms with Crippen molar-refractivity contribution in [3.8, 4) is 56.0 Å². The van der Waals surface area contributed by atoms with E-state index in [4.69, 9.17) is 33.9 Å². The fraction of sp³-hybridized carbons (Fsp3) is 0.211. The van der Waals surface area contributed by atoms with E-state index < -0.39 is 14.3 Å². The predicted molar refractivity (Wildman–Crippen MR) is 346 cm³/mol. The number of aromatic nitrogens is 8. The molecule has 0 aliphatic carbocycles. The lowest BCUT2D eigenvalue weighted by molar-refractivity contribution is -0.188. The van der Waals surface area contributed by atoms with Crippen LogP contribution in [0.1, 0.15) is 69.4 Å². The number of H-pyrrole nitrogens is 1. The number of hydrogen-bond acceptors (Lipinski definition) is 9. The summed E-state index contributed by atoms with van der Waals surface area (Å²) in [5.74, 6) is 1.96. The second-order valence-electron chi connectivity index (χ2n) is 22.9. The van der Waals surface area contributed by atoms with Crippen LogP contribution in [0, 0.1) is 0 Å². The number of hydrogen-bond donors (Lipinski definition) is 1. The van der Waals surface area contributed by atoms with Gasteiger partial charge in [-0.2, -0.15) is 10.2 Å². The molecule has 0 atom stereocenters. The zero-order valence-electron chi connectivity index (χ0n) is 49.1. The average Bonchev–Trinajstić information content (AvgIpc) is 2.26. The van der Waals surface area contributed by atoms with Gasteiger partial charge in [0.15, 0.2) is 5.65 Å². The fourth-order valence-corrected chi connectivity index (χ4v) is 17.8. The van der Waals surface area contributed by atoms with E-state index in [9.17, 15) is 0 Å². The SMILES string of the molecule is CC(C)[SiH](C(C)C)C(C)C.Cn1cc(-c2cnn(C(c3ccccc3)(c3ccccc3)c3ccccc3)c2)c2cc(-c3ccc4c(c3)CCO4)cnc21.c1ccc(SOOn2cc(-c3cn[nH]c3)c3cc(-c4ccc5c(c4)CCO5)cnc32)cc1. The van der Waals surface area contributed by atoms with Crippen LogP contribution in [-0.4, -0.2) is 61.3 Å². The average molecular weight is 1160 g/mol. The third-order valence-corrected chi connectivity index (χ3v) is 21.6. The van der Waals surface area contributed by atoms with E-state index in [0.717, 1.165) is 149 Å². The second kappa shape index (κ2) is 25.1. The van der Waals surface area contributed by atoms with E-state index in [2.05, 4.69) is 214 Å². The molecule has 2 aliphatic rings. The van der Waals surface area contributed by atoms with Crippen molar-refractivity contribution >= 4 is 42.9 Å². The molecule has 12 aromatic rings. The molecule has 1 N–H and O–H groups in total. The zero-order valence-corrected chi connectivity index (χ0v) is 51.1. The molecule has 6 aromatic heterocycles. The third-order valence-electron chi connectivity index (χ3n) is 16.4. The molecule has 8 heterocycles. The Balaban J connectivity index is 0.000000148. The number of nitrogens with one attached hydrogen (secondary N) is 1. The molecule has 2 aliphatic heterocycles. The number of pyridine rings is 2. The minimum atomic E-state index is -0.664. The number of benzene rings is 6. The number of rotatable bonds is 15. The van der Waals surface area contributed by atoms with Crippen molar-refractivity contribution in [3.63, 3.8) is 0 Å². The molecule has 0 fully saturated rings. The number of fused-ring (bicyclic) bond motifs is 4. The first-order chi connectivity index (χ1) is 41.5. The molecule has 85 heavy (non-hydrogen) atoms. The van der Waals surface area contributed by atoms with Gasteiger partial charge in [0, 0.05) is 109 Å². The van der Waals surface area contributed by atoms with Crippen molar-refractivity contribution in [2.75, 3.05) is 13.2 Å². The van der Waals surface area contributed by atoms with Crippen molar-refractivity contribution in [1.29, 1.82) is 0 Å². The van der Waals surface area contributed by atoms with Gasteiger partial charge in [-0.1, -0.05) is 184 Å². The molecule has 0 unspecified atom stereocenters. The Labute approximate surface area is 503 Å². The molecule has 0 bridgehead atoms. The maximum absolute atomic E-state index is 5.74. The Morgan fingerprint density at radius 2 is 1.04 bits per heavy atom. The number of aromatic amines is 1. The molecular weight excluding hydrogens is 1090 g/mol. The Bertz CT molecular complexity index is 4070. The van der Waals surface area contributed by atoms with Crippen LogP contribution in [0.3, 0.4) is 0 Å². The molecule has 12 nitrogen and oxygen atoms in total. The van der Waals surface area contributed by atoms with E-state index >= 15 is 0 Å². The highest BCUT2D eigenvalue weighted by Crippen LogP contribution is 2.43. The van der Waals surface area contributed by atoms with E-state index in [1.165, 1.54) is 15.9 Å². The summed E-state index contributed by atoms with van der Waals surface area (Å²) in [6.07, 6.45) is 17.5. The first-order valence-electron chi connectivity index (χ1n) is 29.3. The van der Waals surface area contributed by atoms with Gasteiger partial charge in [0.05, 0.1) is 43.8 Å². The predicted octanol–water partition coefficient (Wildman–Crippen LogP) is 16.4.